The molecule has 5 nitrogen and oxygen atoms in total. The number of hydrogen-bond acceptors (Lipinski definition) is 4. The van der Waals surface area contributed by atoms with Crippen LogP contribution in [-0.4, -0.2) is 51.7 Å². The standard InChI is InChI=1S/C14H21ClN2O3.ClH/c1-5-20-13-11(15)8-10(9-12(13)19-4)14(18)17(3)7-6-16-2;/h8-9,16H,5-7H2,1-4H3;1H. The van der Waals surface area contributed by atoms with E-state index in [1.807, 2.05) is 14.0 Å². The molecule has 0 aliphatic carbocycles. The van der Waals surface area contributed by atoms with E-state index >= 15 is 0 Å². The molecule has 0 heterocycles. The van der Waals surface area contributed by atoms with E-state index in [-0.39, 0.29) is 18.3 Å². The maximum Gasteiger partial charge on any atom is 0.253 e. The normalized spacial score (nSPS) is 9.76. The molecule has 0 aliphatic rings. The zero-order chi connectivity index (χ0) is 15.1. The number of ether oxygens (including phenoxy) is 2. The van der Waals surface area contributed by atoms with E-state index in [4.69, 9.17) is 21.1 Å². The summed E-state index contributed by atoms with van der Waals surface area (Å²) in [4.78, 5) is 13.9. The van der Waals surface area contributed by atoms with Gasteiger partial charge in [0.05, 0.1) is 18.7 Å². The Balaban J connectivity index is 0.00000400. The molecular formula is C14H22Cl2N2O3. The van der Waals surface area contributed by atoms with Crippen LogP contribution >= 0.6 is 24.0 Å². The number of halogens is 2. The first-order chi connectivity index (χ1) is 9.54. The number of nitrogens with zero attached hydrogens (tertiary/aromatic N) is 1. The van der Waals surface area contributed by atoms with E-state index in [2.05, 4.69) is 5.32 Å². The van der Waals surface area contributed by atoms with E-state index in [9.17, 15) is 4.79 Å². The predicted molar refractivity (Wildman–Crippen MR) is 87.3 cm³/mol. The van der Waals surface area contributed by atoms with Crippen LogP contribution in [0.15, 0.2) is 12.1 Å². The van der Waals surface area contributed by atoms with Crippen molar-refractivity contribution in [2.75, 3.05) is 40.9 Å². The summed E-state index contributed by atoms with van der Waals surface area (Å²) in [6.45, 7) is 3.68. The molecule has 0 radical (unpaired) electrons. The molecule has 1 aromatic carbocycles. The van der Waals surface area contributed by atoms with Crippen molar-refractivity contribution in [1.82, 2.24) is 10.2 Å². The molecule has 1 aromatic rings. The second kappa shape index (κ2) is 9.71. The van der Waals surface area contributed by atoms with Crippen molar-refractivity contribution in [2.45, 2.75) is 6.92 Å². The van der Waals surface area contributed by atoms with Crippen molar-refractivity contribution in [3.8, 4) is 11.5 Å². The molecule has 0 fully saturated rings. The van der Waals surface area contributed by atoms with Crippen LogP contribution in [0.4, 0.5) is 0 Å². The lowest BCUT2D eigenvalue weighted by Crippen LogP contribution is -2.32. The summed E-state index contributed by atoms with van der Waals surface area (Å²) in [5.41, 5.74) is 0.480. The van der Waals surface area contributed by atoms with Gasteiger partial charge in [-0.15, -0.1) is 12.4 Å². The molecule has 1 N–H and O–H groups in total. The Bertz CT molecular complexity index is 470. The van der Waals surface area contributed by atoms with Crippen LogP contribution in [0.25, 0.3) is 0 Å². The Morgan fingerprint density at radius 1 is 1.43 bits per heavy atom. The van der Waals surface area contributed by atoms with Crippen molar-refractivity contribution in [3.05, 3.63) is 22.7 Å². The van der Waals surface area contributed by atoms with Crippen LogP contribution < -0.4 is 14.8 Å². The van der Waals surface area contributed by atoms with Gasteiger partial charge in [-0.1, -0.05) is 11.6 Å². The first-order valence-corrected chi connectivity index (χ1v) is 6.83. The minimum Gasteiger partial charge on any atom is -0.493 e. The number of methoxy groups -OCH3 is 1. The van der Waals surface area contributed by atoms with Crippen molar-refractivity contribution in [2.24, 2.45) is 0 Å². The maximum atomic E-state index is 12.3. The molecule has 0 bridgehead atoms. The number of rotatable bonds is 7. The maximum absolute atomic E-state index is 12.3. The fraction of sp³-hybridized carbons (Fsp3) is 0.500. The zero-order valence-electron chi connectivity index (χ0n) is 12.7. The minimum atomic E-state index is -0.108. The molecule has 0 spiro atoms. The number of carbonyl (C=O) groups is 1. The molecule has 21 heavy (non-hydrogen) atoms. The molecule has 1 amide bonds. The smallest absolute Gasteiger partial charge is 0.253 e. The summed E-state index contributed by atoms with van der Waals surface area (Å²) >= 11 is 6.16. The monoisotopic (exact) mass is 336 g/mol. The van der Waals surface area contributed by atoms with Gasteiger partial charge in [0.2, 0.25) is 0 Å². The van der Waals surface area contributed by atoms with Crippen molar-refractivity contribution >= 4 is 29.9 Å². The highest BCUT2D eigenvalue weighted by Crippen LogP contribution is 2.36. The lowest BCUT2D eigenvalue weighted by atomic mass is 10.1. The van der Waals surface area contributed by atoms with Gasteiger partial charge in [0.1, 0.15) is 0 Å². The van der Waals surface area contributed by atoms with Gasteiger partial charge in [-0.3, -0.25) is 4.79 Å². The molecule has 0 unspecified atom stereocenters. The Morgan fingerprint density at radius 3 is 2.62 bits per heavy atom. The Morgan fingerprint density at radius 2 is 2.10 bits per heavy atom. The molecule has 120 valence electrons. The van der Waals surface area contributed by atoms with E-state index in [0.29, 0.717) is 35.2 Å². The Labute approximate surface area is 137 Å². The second-order valence-electron chi connectivity index (χ2n) is 4.25. The topological polar surface area (TPSA) is 50.8 Å². The fourth-order valence-electron chi connectivity index (χ4n) is 1.73. The third-order valence-electron chi connectivity index (χ3n) is 2.81. The largest absolute Gasteiger partial charge is 0.493 e. The molecule has 0 saturated heterocycles. The highest BCUT2D eigenvalue weighted by Gasteiger charge is 2.17. The Kier molecular flexibility index (Phi) is 9.17. The zero-order valence-corrected chi connectivity index (χ0v) is 14.3. The highest BCUT2D eigenvalue weighted by molar-refractivity contribution is 6.32. The predicted octanol–water partition coefficient (Wildman–Crippen LogP) is 2.46. The van der Waals surface area contributed by atoms with Gasteiger partial charge in [-0.2, -0.15) is 0 Å². The van der Waals surface area contributed by atoms with Crippen LogP contribution in [0.2, 0.25) is 5.02 Å². The summed E-state index contributed by atoms with van der Waals surface area (Å²) in [5.74, 6) is 0.819. The van der Waals surface area contributed by atoms with Gasteiger partial charge >= 0.3 is 0 Å². The first kappa shape index (κ1) is 19.8. The van der Waals surface area contributed by atoms with Crippen LogP contribution in [0.3, 0.4) is 0 Å². The average molecular weight is 337 g/mol. The average Bonchev–Trinajstić information content (AvgIpc) is 2.45. The number of carbonyl (C=O) groups excluding carboxylic acids is 1. The molecule has 7 heteroatoms. The summed E-state index contributed by atoms with van der Waals surface area (Å²) in [6.07, 6.45) is 0. The van der Waals surface area contributed by atoms with Gasteiger partial charge in [0, 0.05) is 25.7 Å². The molecule has 0 aliphatic heterocycles. The summed E-state index contributed by atoms with van der Waals surface area (Å²) < 4.78 is 10.7. The van der Waals surface area contributed by atoms with Crippen LogP contribution in [0.5, 0.6) is 11.5 Å². The lowest BCUT2D eigenvalue weighted by molar-refractivity contribution is 0.0796. The lowest BCUT2D eigenvalue weighted by Gasteiger charge is -2.18. The molecule has 0 saturated carbocycles. The molecule has 1 rings (SSSR count). The third-order valence-corrected chi connectivity index (χ3v) is 3.09. The fourth-order valence-corrected chi connectivity index (χ4v) is 1.99. The quantitative estimate of drug-likeness (QED) is 0.830. The Hall–Kier alpha value is -1.17. The van der Waals surface area contributed by atoms with E-state index < -0.39 is 0 Å². The van der Waals surface area contributed by atoms with Crippen LogP contribution in [0, 0.1) is 0 Å². The van der Waals surface area contributed by atoms with E-state index in [0.717, 1.165) is 6.54 Å². The van der Waals surface area contributed by atoms with Crippen molar-refractivity contribution < 1.29 is 14.3 Å². The summed E-state index contributed by atoms with van der Waals surface area (Å²) in [5, 5.41) is 3.37. The third kappa shape index (κ3) is 5.26. The van der Waals surface area contributed by atoms with Crippen LogP contribution in [-0.2, 0) is 0 Å². The highest BCUT2D eigenvalue weighted by atomic mass is 35.5. The molecule has 0 atom stereocenters. The van der Waals surface area contributed by atoms with Gasteiger partial charge in [0.15, 0.2) is 11.5 Å². The first-order valence-electron chi connectivity index (χ1n) is 6.45. The van der Waals surface area contributed by atoms with Gasteiger partial charge < -0.3 is 19.7 Å². The van der Waals surface area contributed by atoms with Gasteiger partial charge in [0.25, 0.3) is 5.91 Å². The van der Waals surface area contributed by atoms with E-state index in [1.165, 1.54) is 7.11 Å². The summed E-state index contributed by atoms with van der Waals surface area (Å²) in [7, 11) is 5.11. The van der Waals surface area contributed by atoms with Crippen molar-refractivity contribution in [3.63, 3.8) is 0 Å². The number of hydrogen-bond donors (Lipinski definition) is 1. The molecular weight excluding hydrogens is 315 g/mol. The van der Waals surface area contributed by atoms with Crippen molar-refractivity contribution in [1.29, 1.82) is 0 Å². The van der Waals surface area contributed by atoms with E-state index in [1.54, 1.807) is 24.1 Å². The SMILES string of the molecule is CCOc1c(Cl)cc(C(=O)N(C)CCNC)cc1OC.Cl. The summed E-state index contributed by atoms with van der Waals surface area (Å²) in [6, 6.07) is 3.25. The second-order valence-corrected chi connectivity index (χ2v) is 4.66. The van der Waals surface area contributed by atoms with Gasteiger partial charge in [-0.05, 0) is 26.1 Å². The van der Waals surface area contributed by atoms with Crippen LogP contribution in [0.1, 0.15) is 17.3 Å². The molecule has 0 aromatic heterocycles. The number of benzene rings is 1. The van der Waals surface area contributed by atoms with Gasteiger partial charge in [-0.25, -0.2) is 0 Å². The number of likely N-dealkylation sites (N-methyl/N-ethyl adjacent to an activating group) is 2. The number of amides is 1. The number of nitrogens with one attached hydrogen (secondary N) is 1. The minimum absolute atomic E-state index is 0.